The fraction of sp³-hybridized carbons (Fsp3) is 0.286. The van der Waals surface area contributed by atoms with E-state index >= 15 is 0 Å². The molecule has 1 rings (SSSR count). The molecule has 4 heteroatoms. The van der Waals surface area contributed by atoms with Crippen LogP contribution < -0.4 is 5.73 Å². The van der Waals surface area contributed by atoms with Crippen LogP contribution in [0.25, 0.3) is 0 Å². The number of hydrogen-bond acceptors (Lipinski definition) is 2. The van der Waals surface area contributed by atoms with Gasteiger partial charge >= 0.3 is 0 Å². The quantitative estimate of drug-likeness (QED) is 0.643. The molecule has 0 radical (unpaired) electrons. The van der Waals surface area contributed by atoms with Crippen LogP contribution in [0.1, 0.15) is 34.8 Å². The van der Waals surface area contributed by atoms with Crippen LogP contribution in [0.15, 0.2) is 30.5 Å². The fourth-order valence-corrected chi connectivity index (χ4v) is 1.59. The Morgan fingerprint density at radius 2 is 2.11 bits per heavy atom. The Bertz CT molecular complexity index is 493. The van der Waals surface area contributed by atoms with E-state index in [1.807, 2.05) is 24.3 Å². The smallest absolute Gasteiger partial charge is 0.253 e. The van der Waals surface area contributed by atoms with Gasteiger partial charge in [0.1, 0.15) is 0 Å². The van der Waals surface area contributed by atoms with Crippen molar-refractivity contribution in [1.82, 2.24) is 4.98 Å². The third-order valence-corrected chi connectivity index (χ3v) is 2.60. The molecule has 0 fully saturated rings. The van der Waals surface area contributed by atoms with Crippen molar-refractivity contribution >= 4 is 5.91 Å². The van der Waals surface area contributed by atoms with E-state index in [2.05, 4.69) is 11.9 Å². The number of nitrogens with zero attached hydrogens (tertiary/aromatic N) is 1. The zero-order valence-electron chi connectivity index (χ0n) is 10.6. The first-order valence-electron chi connectivity index (χ1n) is 5.83. The third-order valence-electron chi connectivity index (χ3n) is 2.60. The van der Waals surface area contributed by atoms with Crippen molar-refractivity contribution in [2.24, 2.45) is 5.73 Å². The Morgan fingerprint density at radius 3 is 2.72 bits per heavy atom. The predicted octanol–water partition coefficient (Wildman–Crippen LogP) is 2.69. The van der Waals surface area contributed by atoms with Gasteiger partial charge in [0.25, 0.3) is 5.91 Å². The van der Waals surface area contributed by atoms with Crippen molar-refractivity contribution in [3.05, 3.63) is 53.1 Å². The number of amides is 1. The molecular formula is C14H17FN2O. The highest BCUT2D eigenvalue weighted by Crippen LogP contribution is 2.15. The molecule has 0 saturated carbocycles. The summed E-state index contributed by atoms with van der Waals surface area (Å²) in [6.45, 7) is 3.73. The molecule has 0 aromatic carbocycles. The standard InChI is InChI=1S/C14H17FN2O/c1-3-4-5-6-7-8-11-9-17-13(15)12(10(11)2)14(16)18/h4-7,9H,3,8H2,1-2H3,(H2,16,18). The van der Waals surface area contributed by atoms with E-state index in [1.165, 1.54) is 6.20 Å². The number of primary amides is 1. The molecule has 1 aromatic rings. The topological polar surface area (TPSA) is 56.0 Å². The van der Waals surface area contributed by atoms with Crippen molar-refractivity contribution in [1.29, 1.82) is 0 Å². The first-order valence-corrected chi connectivity index (χ1v) is 5.83. The van der Waals surface area contributed by atoms with Gasteiger partial charge in [0.05, 0.1) is 5.56 Å². The Labute approximate surface area is 106 Å². The Hall–Kier alpha value is -1.97. The highest BCUT2D eigenvalue weighted by Gasteiger charge is 2.15. The molecule has 18 heavy (non-hydrogen) atoms. The van der Waals surface area contributed by atoms with Crippen molar-refractivity contribution in [2.75, 3.05) is 0 Å². The summed E-state index contributed by atoms with van der Waals surface area (Å²) in [7, 11) is 0. The van der Waals surface area contributed by atoms with Gasteiger partial charge in [-0.05, 0) is 30.9 Å². The number of carbonyl (C=O) groups excluding carboxylic acids is 1. The van der Waals surface area contributed by atoms with E-state index < -0.39 is 11.9 Å². The summed E-state index contributed by atoms with van der Waals surface area (Å²) in [6, 6.07) is 0. The largest absolute Gasteiger partial charge is 0.365 e. The summed E-state index contributed by atoms with van der Waals surface area (Å²) in [5.74, 6) is -1.59. The van der Waals surface area contributed by atoms with Crippen LogP contribution in [0.5, 0.6) is 0 Å². The maximum absolute atomic E-state index is 13.3. The second-order valence-corrected chi connectivity index (χ2v) is 3.91. The number of hydrogen-bond donors (Lipinski definition) is 1. The third kappa shape index (κ3) is 3.52. The average molecular weight is 248 g/mol. The predicted molar refractivity (Wildman–Crippen MR) is 69.7 cm³/mol. The summed E-state index contributed by atoms with van der Waals surface area (Å²) in [6.07, 6.45) is 10.8. The lowest BCUT2D eigenvalue weighted by atomic mass is 10.0. The summed E-state index contributed by atoms with van der Waals surface area (Å²) in [5.41, 5.74) is 6.36. The van der Waals surface area contributed by atoms with E-state index in [4.69, 9.17) is 5.73 Å². The number of nitrogens with two attached hydrogens (primary N) is 1. The zero-order valence-corrected chi connectivity index (χ0v) is 10.6. The van der Waals surface area contributed by atoms with E-state index in [0.717, 1.165) is 12.0 Å². The number of halogens is 1. The van der Waals surface area contributed by atoms with Gasteiger partial charge in [-0.3, -0.25) is 4.79 Å². The first kappa shape index (κ1) is 14.1. The minimum absolute atomic E-state index is 0.120. The lowest BCUT2D eigenvalue weighted by Gasteiger charge is -2.07. The Kier molecular flexibility index (Phi) is 5.24. The summed E-state index contributed by atoms with van der Waals surface area (Å²) in [5, 5.41) is 0. The molecule has 3 nitrogen and oxygen atoms in total. The second kappa shape index (κ2) is 6.69. The minimum Gasteiger partial charge on any atom is -0.365 e. The van der Waals surface area contributed by atoms with Gasteiger partial charge in [-0.1, -0.05) is 31.2 Å². The van der Waals surface area contributed by atoms with Crippen LogP contribution in [0.4, 0.5) is 4.39 Å². The number of pyridine rings is 1. The van der Waals surface area contributed by atoms with E-state index in [0.29, 0.717) is 12.0 Å². The lowest BCUT2D eigenvalue weighted by molar-refractivity contribution is 0.0995. The molecule has 96 valence electrons. The van der Waals surface area contributed by atoms with Crippen LogP contribution in [-0.4, -0.2) is 10.9 Å². The number of aromatic nitrogens is 1. The number of carbonyl (C=O) groups is 1. The van der Waals surface area contributed by atoms with Gasteiger partial charge < -0.3 is 5.73 Å². The molecule has 0 saturated heterocycles. The second-order valence-electron chi connectivity index (χ2n) is 3.91. The minimum atomic E-state index is -0.807. The van der Waals surface area contributed by atoms with Crippen LogP contribution >= 0.6 is 0 Å². The van der Waals surface area contributed by atoms with E-state index in [9.17, 15) is 9.18 Å². The van der Waals surface area contributed by atoms with Gasteiger partial charge in [0, 0.05) is 6.20 Å². The Balaban J connectivity index is 2.91. The monoisotopic (exact) mass is 248 g/mol. The van der Waals surface area contributed by atoms with Crippen LogP contribution in [0.2, 0.25) is 0 Å². The molecule has 1 amide bonds. The zero-order chi connectivity index (χ0) is 13.5. The molecule has 0 bridgehead atoms. The SMILES string of the molecule is CCC=CC=CCc1cnc(F)c(C(N)=O)c1C. The van der Waals surface area contributed by atoms with Gasteiger partial charge in [-0.25, -0.2) is 4.98 Å². The van der Waals surface area contributed by atoms with Gasteiger partial charge in [-0.2, -0.15) is 4.39 Å². The maximum Gasteiger partial charge on any atom is 0.253 e. The highest BCUT2D eigenvalue weighted by molar-refractivity contribution is 5.94. The van der Waals surface area contributed by atoms with Crippen LogP contribution in [0, 0.1) is 12.9 Å². The average Bonchev–Trinajstić information content (AvgIpc) is 2.31. The van der Waals surface area contributed by atoms with Crippen molar-refractivity contribution in [3.8, 4) is 0 Å². The van der Waals surface area contributed by atoms with Crippen molar-refractivity contribution in [3.63, 3.8) is 0 Å². The molecule has 0 aliphatic rings. The van der Waals surface area contributed by atoms with E-state index in [1.54, 1.807) is 6.92 Å². The fourth-order valence-electron chi connectivity index (χ4n) is 1.59. The van der Waals surface area contributed by atoms with Gasteiger partial charge in [0.15, 0.2) is 0 Å². The molecular weight excluding hydrogens is 231 g/mol. The highest BCUT2D eigenvalue weighted by atomic mass is 19.1. The number of rotatable bonds is 5. The summed E-state index contributed by atoms with van der Waals surface area (Å²) < 4.78 is 13.3. The van der Waals surface area contributed by atoms with Crippen LogP contribution in [0.3, 0.4) is 0 Å². The first-order chi connectivity index (χ1) is 8.57. The Morgan fingerprint density at radius 1 is 1.44 bits per heavy atom. The van der Waals surface area contributed by atoms with Gasteiger partial charge in [-0.15, -0.1) is 0 Å². The van der Waals surface area contributed by atoms with E-state index in [-0.39, 0.29) is 5.56 Å². The molecule has 2 N–H and O–H groups in total. The molecule has 0 spiro atoms. The maximum atomic E-state index is 13.3. The molecule has 1 heterocycles. The molecule has 1 aromatic heterocycles. The molecule has 0 aliphatic carbocycles. The van der Waals surface area contributed by atoms with Crippen molar-refractivity contribution in [2.45, 2.75) is 26.7 Å². The van der Waals surface area contributed by atoms with Gasteiger partial charge in [0.2, 0.25) is 5.95 Å². The molecule has 0 unspecified atom stereocenters. The normalized spacial score (nSPS) is 11.5. The summed E-state index contributed by atoms with van der Waals surface area (Å²) in [4.78, 5) is 14.7. The molecule has 0 aliphatic heterocycles. The number of allylic oxidation sites excluding steroid dienone is 4. The summed E-state index contributed by atoms with van der Waals surface area (Å²) >= 11 is 0. The lowest BCUT2D eigenvalue weighted by Crippen LogP contribution is -2.17. The van der Waals surface area contributed by atoms with Crippen molar-refractivity contribution < 1.29 is 9.18 Å². The molecule has 0 atom stereocenters. The van der Waals surface area contributed by atoms with Crippen LogP contribution in [-0.2, 0) is 6.42 Å².